The molecule has 1 saturated carbocycles. The van der Waals surface area contributed by atoms with E-state index in [0.717, 1.165) is 32.1 Å². The van der Waals surface area contributed by atoms with Crippen molar-refractivity contribution in [3.05, 3.63) is 52.8 Å². The van der Waals surface area contributed by atoms with Gasteiger partial charge in [0.05, 0.1) is 41.2 Å². The summed E-state index contributed by atoms with van der Waals surface area (Å²) in [5.41, 5.74) is 0.209. The number of carbonyl (C=O) groups excluding carboxylic acids is 3. The lowest BCUT2D eigenvalue weighted by atomic mass is 9.78. The van der Waals surface area contributed by atoms with Gasteiger partial charge in [0.25, 0.3) is 11.7 Å². The number of Topliss-reactive ketones (excluding diaryl/α,β-unsaturated/α-hetero) is 1. The van der Waals surface area contributed by atoms with Crippen LogP contribution in [0.1, 0.15) is 102 Å². The first-order chi connectivity index (χ1) is 27.7. The van der Waals surface area contributed by atoms with E-state index in [1.54, 1.807) is 46.8 Å². The summed E-state index contributed by atoms with van der Waals surface area (Å²) >= 11 is 0. The molecule has 14 nitrogen and oxygen atoms in total. The molecule has 1 amide bonds. The van der Waals surface area contributed by atoms with E-state index in [-0.39, 0.29) is 57.1 Å². The van der Waals surface area contributed by atoms with Gasteiger partial charge in [-0.2, -0.15) is 0 Å². The fourth-order valence-electron chi connectivity index (χ4n) is 8.84. The Morgan fingerprint density at radius 3 is 2.22 bits per heavy atom. The number of methoxy groups -OCH3 is 1. The molecular formula is C45H62N2O12. The molecule has 59 heavy (non-hydrogen) atoms. The van der Waals surface area contributed by atoms with Gasteiger partial charge in [0, 0.05) is 79.3 Å². The molecule has 3 aliphatic heterocycles. The van der Waals surface area contributed by atoms with E-state index in [9.17, 15) is 39.9 Å². The highest BCUT2D eigenvalue weighted by Crippen LogP contribution is 2.55. The molecule has 324 valence electrons. The SMILES string of the molecule is COC1C=COC2(C)Oc3c(C)c(O)c4c(O)c(c(CN(C)C5CCCCC5)c(O)c4c3C2=O)NC(=O)C(C)=CC=CC(C)C(O)C(C)C(O)C(C)C(OC(C)=O)C1C. The van der Waals surface area contributed by atoms with Crippen molar-refractivity contribution >= 4 is 34.1 Å². The number of aliphatic hydroxyl groups is 2. The highest BCUT2D eigenvalue weighted by Gasteiger charge is 2.50. The molecule has 0 radical (unpaired) electrons. The van der Waals surface area contributed by atoms with Crippen molar-refractivity contribution in [1.82, 2.24) is 4.90 Å². The Labute approximate surface area is 346 Å². The van der Waals surface area contributed by atoms with Gasteiger partial charge in [-0.25, -0.2) is 0 Å². The molecule has 6 rings (SSSR count). The predicted molar refractivity (Wildman–Crippen MR) is 222 cm³/mol. The second-order valence-corrected chi connectivity index (χ2v) is 16.9. The van der Waals surface area contributed by atoms with Gasteiger partial charge in [-0.15, -0.1) is 0 Å². The van der Waals surface area contributed by atoms with Gasteiger partial charge >= 0.3 is 11.8 Å². The first-order valence-electron chi connectivity index (χ1n) is 20.5. The van der Waals surface area contributed by atoms with Crippen molar-refractivity contribution in [2.24, 2.45) is 23.7 Å². The number of hydrogen-bond acceptors (Lipinski definition) is 13. The summed E-state index contributed by atoms with van der Waals surface area (Å²) in [6.07, 6.45) is 8.81. The normalized spacial score (nSPS) is 30.0. The average Bonchev–Trinajstić information content (AvgIpc) is 3.47. The number of carbonyl (C=O) groups is 3. The number of ketones is 1. The van der Waals surface area contributed by atoms with Crippen molar-refractivity contribution < 1.29 is 58.9 Å². The number of ether oxygens (including phenoxy) is 4. The molecular weight excluding hydrogens is 760 g/mol. The molecule has 0 saturated heterocycles. The van der Waals surface area contributed by atoms with Crippen molar-refractivity contribution in [2.75, 3.05) is 19.5 Å². The Bertz CT molecular complexity index is 2020. The Morgan fingerprint density at radius 1 is 0.932 bits per heavy atom. The highest BCUT2D eigenvalue weighted by molar-refractivity contribution is 6.22. The number of rotatable bonds is 5. The van der Waals surface area contributed by atoms with Gasteiger partial charge in [-0.3, -0.25) is 19.3 Å². The number of hydrogen-bond donors (Lipinski definition) is 6. The molecule has 5 bridgehead atoms. The number of esters is 1. The zero-order chi connectivity index (χ0) is 43.7. The number of phenols is 3. The first-order valence-corrected chi connectivity index (χ1v) is 20.5. The van der Waals surface area contributed by atoms with Crippen molar-refractivity contribution in [3.63, 3.8) is 0 Å². The number of fused-ring (bicyclic) bond motifs is 14. The van der Waals surface area contributed by atoms with Gasteiger partial charge in [-0.1, -0.05) is 65.2 Å². The number of aliphatic hydroxyl groups excluding tert-OH is 2. The third kappa shape index (κ3) is 8.96. The number of allylic oxidation sites excluding steroid dienone is 2. The smallest absolute Gasteiger partial charge is 0.312 e. The first kappa shape index (κ1) is 45.5. The van der Waals surface area contributed by atoms with Gasteiger partial charge in [-0.05, 0) is 39.8 Å². The van der Waals surface area contributed by atoms with E-state index >= 15 is 0 Å². The molecule has 9 atom stereocenters. The van der Waals surface area contributed by atoms with Gasteiger partial charge in [0.2, 0.25) is 0 Å². The molecule has 1 fully saturated rings. The number of anilines is 1. The fraction of sp³-hybridized carbons (Fsp3) is 0.578. The van der Waals surface area contributed by atoms with Crippen LogP contribution in [-0.4, -0.2) is 98.5 Å². The maximum absolute atomic E-state index is 14.5. The summed E-state index contributed by atoms with van der Waals surface area (Å²) in [4.78, 5) is 42.7. The molecule has 3 heterocycles. The van der Waals surface area contributed by atoms with E-state index in [0.29, 0.717) is 0 Å². The number of amides is 1. The highest BCUT2D eigenvalue weighted by atomic mass is 16.7. The minimum atomic E-state index is -2.01. The monoisotopic (exact) mass is 822 g/mol. The maximum atomic E-state index is 14.5. The van der Waals surface area contributed by atoms with Crippen LogP contribution in [0.25, 0.3) is 10.8 Å². The molecule has 1 aliphatic carbocycles. The van der Waals surface area contributed by atoms with Crippen LogP contribution in [0.2, 0.25) is 0 Å². The van der Waals surface area contributed by atoms with Gasteiger partial charge in [0.1, 0.15) is 23.4 Å². The van der Waals surface area contributed by atoms with Crippen molar-refractivity contribution in [1.29, 1.82) is 0 Å². The minimum absolute atomic E-state index is 0.0509. The number of phenolic OH excluding ortho intramolecular Hbond substituents is 3. The Kier molecular flexibility index (Phi) is 14.1. The lowest BCUT2D eigenvalue weighted by molar-refractivity contribution is -0.160. The van der Waals surface area contributed by atoms with Crippen LogP contribution in [0.5, 0.6) is 23.0 Å². The third-order valence-electron chi connectivity index (χ3n) is 12.7. The number of nitrogens with one attached hydrogen (secondary N) is 1. The summed E-state index contributed by atoms with van der Waals surface area (Å²) in [7, 11) is 3.35. The summed E-state index contributed by atoms with van der Waals surface area (Å²) in [5, 5.41) is 61.2. The quantitative estimate of drug-likeness (QED) is 0.108. The van der Waals surface area contributed by atoms with Crippen LogP contribution in [0.15, 0.2) is 36.1 Å². The molecule has 0 aromatic heterocycles. The van der Waals surface area contributed by atoms with Gasteiger partial charge < -0.3 is 49.8 Å². The molecule has 4 aliphatic rings. The zero-order valence-corrected chi connectivity index (χ0v) is 35.9. The Hall–Kier alpha value is -4.63. The van der Waals surface area contributed by atoms with Crippen LogP contribution in [0, 0.1) is 30.6 Å². The molecule has 0 spiro atoms. The Balaban J connectivity index is 1.70. The molecule has 9 unspecified atom stereocenters. The van der Waals surface area contributed by atoms with Crippen LogP contribution < -0.4 is 10.1 Å². The third-order valence-corrected chi connectivity index (χ3v) is 12.7. The van der Waals surface area contributed by atoms with Gasteiger partial charge in [0.15, 0.2) is 5.75 Å². The van der Waals surface area contributed by atoms with Crippen LogP contribution in [0.3, 0.4) is 0 Å². The van der Waals surface area contributed by atoms with Crippen LogP contribution in [0.4, 0.5) is 5.69 Å². The minimum Gasteiger partial charge on any atom is -0.507 e. The lowest BCUT2D eigenvalue weighted by Crippen LogP contribution is -2.46. The van der Waals surface area contributed by atoms with E-state index in [4.69, 9.17) is 18.9 Å². The molecule has 6 N–H and O–H groups in total. The largest absolute Gasteiger partial charge is 0.507 e. The fourth-order valence-corrected chi connectivity index (χ4v) is 8.84. The van der Waals surface area contributed by atoms with E-state index in [1.165, 1.54) is 46.3 Å². The maximum Gasteiger partial charge on any atom is 0.312 e. The summed E-state index contributed by atoms with van der Waals surface area (Å²) < 4.78 is 23.7. The van der Waals surface area contributed by atoms with E-state index < -0.39 is 88.8 Å². The number of aromatic hydroxyl groups is 3. The summed E-state index contributed by atoms with van der Waals surface area (Å²) in [5.74, 6) is -7.81. The van der Waals surface area contributed by atoms with Crippen LogP contribution >= 0.6 is 0 Å². The van der Waals surface area contributed by atoms with Crippen molar-refractivity contribution in [3.8, 4) is 23.0 Å². The summed E-state index contributed by atoms with van der Waals surface area (Å²) in [6, 6.07) is 0.162. The standard InChI is InChI=1S/C45H62N2O12/c1-22-15-14-16-23(2)44(55)46-35-30(21-47(9)29-17-12-11-13-18-29)39(52)32-33(40(35)53)38(51)27(6)42-34(32)43(54)45(8,59-42)57-20-19-31(56-10)24(3)41(58-28(7)48)26(5)37(50)25(4)36(22)49/h14-16,19-20,22,24-26,29,31,36-37,41,49-53H,11-13,17-18,21H2,1-10H3,(H,46,55). The van der Waals surface area contributed by atoms with E-state index in [1.807, 2.05) is 11.9 Å². The molecule has 2 aromatic carbocycles. The second kappa shape index (κ2) is 18.3. The number of nitrogens with zero attached hydrogens (tertiary/aromatic N) is 1. The molecule has 2 aromatic rings. The number of benzene rings is 2. The Morgan fingerprint density at radius 2 is 1.59 bits per heavy atom. The second-order valence-electron chi connectivity index (χ2n) is 16.9. The van der Waals surface area contributed by atoms with Crippen molar-refractivity contribution in [2.45, 2.75) is 130 Å². The van der Waals surface area contributed by atoms with E-state index in [2.05, 4.69) is 5.32 Å². The van der Waals surface area contributed by atoms with Crippen LogP contribution in [-0.2, 0) is 30.3 Å². The molecule has 14 heteroatoms. The average molecular weight is 823 g/mol. The zero-order valence-electron chi connectivity index (χ0n) is 35.9. The lowest BCUT2D eigenvalue weighted by Gasteiger charge is -2.38. The summed E-state index contributed by atoms with van der Waals surface area (Å²) in [6.45, 7) is 12.8. The predicted octanol–water partition coefficient (Wildman–Crippen LogP) is 6.52. The topological polar surface area (TPSA) is 205 Å².